The molecule has 0 spiro atoms. The Kier molecular flexibility index (Phi) is 3.72. The molecule has 0 saturated carbocycles. The van der Waals surface area contributed by atoms with Crippen LogP contribution in [0.1, 0.15) is 17.2 Å². The van der Waals surface area contributed by atoms with Gasteiger partial charge in [0.1, 0.15) is 0 Å². The molecule has 1 amide bonds. The second-order valence-corrected chi connectivity index (χ2v) is 5.08. The van der Waals surface area contributed by atoms with Crippen molar-refractivity contribution in [3.63, 3.8) is 0 Å². The van der Waals surface area contributed by atoms with Crippen LogP contribution in [-0.2, 0) is 16.0 Å². The fraction of sp³-hybridized carbons (Fsp3) is 0.188. The zero-order valence-corrected chi connectivity index (χ0v) is 11.6. The summed E-state index contributed by atoms with van der Waals surface area (Å²) < 4.78 is 5.62. The van der Waals surface area contributed by atoms with Crippen LogP contribution in [0, 0.1) is 0 Å². The first-order chi connectivity index (χ1) is 9.75. The highest BCUT2D eigenvalue weighted by molar-refractivity contribution is 6.33. The van der Waals surface area contributed by atoms with Gasteiger partial charge in [0.15, 0.2) is 6.10 Å². The van der Waals surface area contributed by atoms with Crippen molar-refractivity contribution < 1.29 is 9.53 Å². The lowest BCUT2D eigenvalue weighted by Gasteiger charge is -2.25. The van der Waals surface area contributed by atoms with Gasteiger partial charge in [-0.25, -0.2) is 0 Å². The number of amides is 1. The van der Waals surface area contributed by atoms with Gasteiger partial charge in [-0.05, 0) is 29.7 Å². The van der Waals surface area contributed by atoms with E-state index in [1.165, 1.54) is 0 Å². The number of hydrogen-bond donors (Lipinski definition) is 1. The van der Waals surface area contributed by atoms with E-state index in [1.54, 1.807) is 12.1 Å². The molecule has 1 atom stereocenters. The summed E-state index contributed by atoms with van der Waals surface area (Å²) in [5.41, 5.74) is 2.70. The van der Waals surface area contributed by atoms with Crippen molar-refractivity contribution in [3.8, 4) is 0 Å². The van der Waals surface area contributed by atoms with Gasteiger partial charge in [0.05, 0.1) is 17.3 Å². The highest BCUT2D eigenvalue weighted by atomic mass is 35.5. The van der Waals surface area contributed by atoms with Gasteiger partial charge in [0.2, 0.25) is 0 Å². The maximum absolute atomic E-state index is 12.4. The molecule has 2 aromatic carbocycles. The Labute approximate surface area is 122 Å². The summed E-state index contributed by atoms with van der Waals surface area (Å²) in [5, 5.41) is 3.34. The summed E-state index contributed by atoms with van der Waals surface area (Å²) >= 11 is 6.05. The van der Waals surface area contributed by atoms with Crippen LogP contribution in [0.4, 0.5) is 5.69 Å². The molecule has 4 heteroatoms. The molecule has 1 heterocycles. The Morgan fingerprint density at radius 2 is 1.90 bits per heavy atom. The standard InChI is InChI=1S/C16H14ClNO2/c17-13-7-3-4-8-14(13)18-16(19)15-12-6-2-1-5-11(12)9-10-20-15/h1-8,15H,9-10H2,(H,18,19). The number of carbonyl (C=O) groups excluding carboxylic acids is 1. The predicted octanol–water partition coefficient (Wildman–Crippen LogP) is 3.59. The largest absolute Gasteiger partial charge is 0.363 e. The third-order valence-electron chi connectivity index (χ3n) is 3.36. The van der Waals surface area contributed by atoms with E-state index in [9.17, 15) is 4.79 Å². The minimum atomic E-state index is -0.573. The molecule has 1 unspecified atom stereocenters. The maximum Gasteiger partial charge on any atom is 0.258 e. The molecule has 0 radical (unpaired) electrons. The van der Waals surface area contributed by atoms with E-state index in [0.29, 0.717) is 17.3 Å². The Balaban J connectivity index is 1.84. The van der Waals surface area contributed by atoms with Gasteiger partial charge >= 0.3 is 0 Å². The number of para-hydroxylation sites is 1. The normalized spacial score (nSPS) is 17.4. The minimum absolute atomic E-state index is 0.190. The molecule has 0 bridgehead atoms. The van der Waals surface area contributed by atoms with Crippen molar-refractivity contribution >= 4 is 23.2 Å². The number of anilines is 1. The van der Waals surface area contributed by atoms with E-state index in [1.807, 2.05) is 36.4 Å². The molecule has 20 heavy (non-hydrogen) atoms. The number of fused-ring (bicyclic) bond motifs is 1. The number of benzene rings is 2. The van der Waals surface area contributed by atoms with Crippen molar-refractivity contribution in [1.29, 1.82) is 0 Å². The summed E-state index contributed by atoms with van der Waals surface area (Å²) in [7, 11) is 0. The van der Waals surface area contributed by atoms with E-state index in [4.69, 9.17) is 16.3 Å². The summed E-state index contributed by atoms with van der Waals surface area (Å²) in [6.07, 6.45) is 0.266. The summed E-state index contributed by atoms with van der Waals surface area (Å²) in [5.74, 6) is -0.190. The van der Waals surface area contributed by atoms with Crippen LogP contribution in [0.15, 0.2) is 48.5 Å². The first kappa shape index (κ1) is 13.2. The van der Waals surface area contributed by atoms with E-state index in [2.05, 4.69) is 5.32 Å². The quantitative estimate of drug-likeness (QED) is 0.916. The van der Waals surface area contributed by atoms with Gasteiger partial charge in [-0.2, -0.15) is 0 Å². The molecule has 1 aliphatic heterocycles. The molecule has 0 saturated heterocycles. The van der Waals surface area contributed by atoms with Crippen LogP contribution in [0.3, 0.4) is 0 Å². The first-order valence-electron chi connectivity index (χ1n) is 6.50. The monoisotopic (exact) mass is 287 g/mol. The topological polar surface area (TPSA) is 38.3 Å². The molecular weight excluding hydrogens is 274 g/mol. The third-order valence-corrected chi connectivity index (χ3v) is 3.69. The molecule has 0 aliphatic carbocycles. The number of carbonyl (C=O) groups is 1. The average Bonchev–Trinajstić information content (AvgIpc) is 2.49. The lowest BCUT2D eigenvalue weighted by atomic mass is 9.97. The molecule has 3 nitrogen and oxygen atoms in total. The van der Waals surface area contributed by atoms with Crippen molar-refractivity contribution in [2.45, 2.75) is 12.5 Å². The highest BCUT2D eigenvalue weighted by Gasteiger charge is 2.27. The number of nitrogens with one attached hydrogen (secondary N) is 1. The summed E-state index contributed by atoms with van der Waals surface area (Å²) in [6, 6.07) is 15.0. The van der Waals surface area contributed by atoms with Crippen LogP contribution >= 0.6 is 11.6 Å². The van der Waals surface area contributed by atoms with E-state index >= 15 is 0 Å². The number of ether oxygens (including phenoxy) is 1. The fourth-order valence-corrected chi connectivity index (χ4v) is 2.55. The number of rotatable bonds is 2. The Bertz CT molecular complexity index is 642. The van der Waals surface area contributed by atoms with E-state index < -0.39 is 6.10 Å². The number of halogens is 1. The summed E-state index contributed by atoms with van der Waals surface area (Å²) in [6.45, 7) is 0.553. The molecule has 1 N–H and O–H groups in total. The Morgan fingerprint density at radius 1 is 1.15 bits per heavy atom. The lowest BCUT2D eigenvalue weighted by Crippen LogP contribution is -2.28. The van der Waals surface area contributed by atoms with E-state index in [-0.39, 0.29) is 5.91 Å². The lowest BCUT2D eigenvalue weighted by molar-refractivity contribution is -0.128. The first-order valence-corrected chi connectivity index (χ1v) is 6.88. The average molecular weight is 288 g/mol. The van der Waals surface area contributed by atoms with Crippen LogP contribution in [0.5, 0.6) is 0 Å². The molecule has 0 fully saturated rings. The van der Waals surface area contributed by atoms with Crippen LogP contribution in [-0.4, -0.2) is 12.5 Å². The molecular formula is C16H14ClNO2. The summed E-state index contributed by atoms with van der Waals surface area (Å²) in [4.78, 5) is 12.4. The molecule has 102 valence electrons. The van der Waals surface area contributed by atoms with Gasteiger partial charge in [-0.3, -0.25) is 4.79 Å². The van der Waals surface area contributed by atoms with Crippen molar-refractivity contribution in [2.75, 3.05) is 11.9 Å². The maximum atomic E-state index is 12.4. The minimum Gasteiger partial charge on any atom is -0.363 e. The smallest absolute Gasteiger partial charge is 0.258 e. The Morgan fingerprint density at radius 3 is 2.75 bits per heavy atom. The van der Waals surface area contributed by atoms with Gasteiger partial charge in [0, 0.05) is 0 Å². The highest BCUT2D eigenvalue weighted by Crippen LogP contribution is 2.29. The van der Waals surface area contributed by atoms with Gasteiger partial charge in [-0.1, -0.05) is 48.0 Å². The molecule has 0 aromatic heterocycles. The van der Waals surface area contributed by atoms with Crippen molar-refractivity contribution in [3.05, 3.63) is 64.7 Å². The van der Waals surface area contributed by atoms with Gasteiger partial charge < -0.3 is 10.1 Å². The van der Waals surface area contributed by atoms with Crippen molar-refractivity contribution in [2.24, 2.45) is 0 Å². The van der Waals surface area contributed by atoms with Crippen LogP contribution in [0.2, 0.25) is 5.02 Å². The SMILES string of the molecule is O=C(Nc1ccccc1Cl)C1OCCc2ccccc21. The van der Waals surface area contributed by atoms with Gasteiger partial charge in [-0.15, -0.1) is 0 Å². The van der Waals surface area contributed by atoms with E-state index in [0.717, 1.165) is 17.5 Å². The third kappa shape index (κ3) is 2.55. The second kappa shape index (κ2) is 5.65. The number of hydrogen-bond acceptors (Lipinski definition) is 2. The van der Waals surface area contributed by atoms with Crippen LogP contribution < -0.4 is 5.32 Å². The van der Waals surface area contributed by atoms with Gasteiger partial charge in [0.25, 0.3) is 5.91 Å². The Hall–Kier alpha value is -1.84. The molecule has 1 aliphatic rings. The zero-order valence-electron chi connectivity index (χ0n) is 10.8. The predicted molar refractivity (Wildman–Crippen MR) is 78.9 cm³/mol. The zero-order chi connectivity index (χ0) is 13.9. The van der Waals surface area contributed by atoms with Crippen LogP contribution in [0.25, 0.3) is 0 Å². The fourth-order valence-electron chi connectivity index (χ4n) is 2.37. The molecule has 3 rings (SSSR count). The molecule has 2 aromatic rings. The second-order valence-electron chi connectivity index (χ2n) is 4.67. The van der Waals surface area contributed by atoms with Crippen molar-refractivity contribution in [1.82, 2.24) is 0 Å².